The van der Waals surface area contributed by atoms with E-state index in [1.165, 1.54) is 5.56 Å². The first-order chi connectivity index (χ1) is 6.22. The van der Waals surface area contributed by atoms with Crippen LogP contribution < -0.4 is 0 Å². The van der Waals surface area contributed by atoms with Crippen LogP contribution in [0.5, 0.6) is 0 Å². The second-order valence-corrected chi connectivity index (χ2v) is 2.88. The number of carboxylic acids is 1. The van der Waals surface area contributed by atoms with Crippen molar-refractivity contribution in [2.45, 2.75) is 19.8 Å². The van der Waals surface area contributed by atoms with Crippen LogP contribution in [-0.4, -0.2) is 16.1 Å². The van der Waals surface area contributed by atoms with Gasteiger partial charge in [0.1, 0.15) is 0 Å². The Bertz CT molecular complexity index is 312. The average molecular weight is 179 g/mol. The van der Waals surface area contributed by atoms with Gasteiger partial charge in [-0.05, 0) is 24.1 Å². The summed E-state index contributed by atoms with van der Waals surface area (Å²) in [7, 11) is 0. The van der Waals surface area contributed by atoms with Crippen molar-refractivity contribution in [2.75, 3.05) is 0 Å². The zero-order valence-corrected chi connectivity index (χ0v) is 7.58. The van der Waals surface area contributed by atoms with E-state index in [1.54, 1.807) is 6.08 Å². The smallest absolute Gasteiger partial charge is 0.328 e. The maximum atomic E-state index is 10.2. The lowest BCUT2D eigenvalue weighted by Gasteiger charge is -1.87. The predicted molar refractivity (Wildman–Crippen MR) is 51.5 cm³/mol. The molecule has 1 aromatic heterocycles. The number of aryl methyl sites for hydroxylation is 1. The molecule has 1 heterocycles. The van der Waals surface area contributed by atoms with Gasteiger partial charge in [-0.25, -0.2) is 4.79 Å². The fourth-order valence-corrected chi connectivity index (χ4v) is 1.15. The Hall–Kier alpha value is -1.51. The minimum absolute atomic E-state index is 0.839. The van der Waals surface area contributed by atoms with E-state index in [9.17, 15) is 4.79 Å². The van der Waals surface area contributed by atoms with Gasteiger partial charge in [-0.1, -0.05) is 13.3 Å². The third-order valence-electron chi connectivity index (χ3n) is 1.71. The number of aromatic amines is 1. The van der Waals surface area contributed by atoms with Gasteiger partial charge in [-0.15, -0.1) is 0 Å². The van der Waals surface area contributed by atoms with Crippen molar-refractivity contribution in [2.24, 2.45) is 0 Å². The summed E-state index contributed by atoms with van der Waals surface area (Å²) in [6, 6.07) is 1.96. The van der Waals surface area contributed by atoms with Crippen molar-refractivity contribution >= 4 is 12.0 Å². The molecule has 1 rings (SSSR count). The van der Waals surface area contributed by atoms with Crippen molar-refractivity contribution in [3.63, 3.8) is 0 Å². The van der Waals surface area contributed by atoms with Crippen molar-refractivity contribution < 1.29 is 9.90 Å². The summed E-state index contributed by atoms with van der Waals surface area (Å²) in [5.74, 6) is -0.924. The summed E-state index contributed by atoms with van der Waals surface area (Å²) in [6.45, 7) is 2.11. The number of nitrogens with one attached hydrogen (secondary N) is 1. The normalized spacial score (nSPS) is 10.8. The molecule has 0 atom stereocenters. The predicted octanol–water partition coefficient (Wildman–Crippen LogP) is 2.06. The fraction of sp³-hybridized carbons (Fsp3) is 0.300. The molecule has 0 saturated heterocycles. The van der Waals surface area contributed by atoms with Crippen molar-refractivity contribution in [1.29, 1.82) is 0 Å². The number of carboxylic acid groups (broad SMARTS) is 1. The van der Waals surface area contributed by atoms with Crippen LogP contribution in [0.3, 0.4) is 0 Å². The first-order valence-corrected chi connectivity index (χ1v) is 4.30. The van der Waals surface area contributed by atoms with E-state index in [2.05, 4.69) is 11.9 Å². The molecule has 0 fully saturated rings. The first kappa shape index (κ1) is 9.58. The maximum absolute atomic E-state index is 10.2. The Morgan fingerprint density at radius 3 is 3.08 bits per heavy atom. The molecule has 0 saturated carbocycles. The molecule has 2 N–H and O–H groups in total. The monoisotopic (exact) mass is 179 g/mol. The Morgan fingerprint density at radius 1 is 1.69 bits per heavy atom. The van der Waals surface area contributed by atoms with Gasteiger partial charge in [0.05, 0.1) is 0 Å². The van der Waals surface area contributed by atoms with Gasteiger partial charge >= 0.3 is 5.97 Å². The van der Waals surface area contributed by atoms with E-state index in [4.69, 9.17) is 5.11 Å². The lowest BCUT2D eigenvalue weighted by molar-refractivity contribution is -0.131. The Kier molecular flexibility index (Phi) is 3.31. The SMILES string of the molecule is CCCc1c[nH]c(C=CC(=O)O)c1. The molecular formula is C10H13NO2. The first-order valence-electron chi connectivity index (χ1n) is 4.30. The van der Waals surface area contributed by atoms with Crippen LogP contribution >= 0.6 is 0 Å². The lowest BCUT2D eigenvalue weighted by Crippen LogP contribution is -1.85. The molecule has 13 heavy (non-hydrogen) atoms. The quantitative estimate of drug-likeness (QED) is 0.695. The Labute approximate surface area is 77.1 Å². The molecule has 1 aromatic rings. The van der Waals surface area contributed by atoms with E-state index in [0.29, 0.717) is 0 Å². The highest BCUT2D eigenvalue weighted by atomic mass is 16.4. The number of aromatic nitrogens is 1. The summed E-state index contributed by atoms with van der Waals surface area (Å²) in [4.78, 5) is 13.2. The van der Waals surface area contributed by atoms with Crippen LogP contribution in [0.25, 0.3) is 6.08 Å². The molecule has 0 aliphatic heterocycles. The summed E-state index contributed by atoms with van der Waals surface area (Å²) in [5, 5.41) is 8.38. The number of hydrogen-bond acceptors (Lipinski definition) is 1. The van der Waals surface area contributed by atoms with Crippen LogP contribution in [0.15, 0.2) is 18.3 Å². The van der Waals surface area contributed by atoms with Crippen LogP contribution in [0.1, 0.15) is 24.6 Å². The number of hydrogen-bond donors (Lipinski definition) is 2. The number of H-pyrrole nitrogens is 1. The average Bonchev–Trinajstić information content (AvgIpc) is 2.50. The largest absolute Gasteiger partial charge is 0.478 e. The summed E-state index contributed by atoms with van der Waals surface area (Å²) >= 11 is 0. The molecule has 0 aromatic carbocycles. The molecule has 70 valence electrons. The highest BCUT2D eigenvalue weighted by Crippen LogP contribution is 2.07. The molecule has 0 aliphatic carbocycles. The van der Waals surface area contributed by atoms with Crippen LogP contribution in [0, 0.1) is 0 Å². The minimum Gasteiger partial charge on any atom is -0.478 e. The summed E-state index contributed by atoms with van der Waals surface area (Å²) < 4.78 is 0. The van der Waals surface area contributed by atoms with Gasteiger partial charge in [-0.2, -0.15) is 0 Å². The number of aliphatic carboxylic acids is 1. The van der Waals surface area contributed by atoms with E-state index < -0.39 is 5.97 Å². The van der Waals surface area contributed by atoms with Crippen LogP contribution in [0.2, 0.25) is 0 Å². The van der Waals surface area contributed by atoms with E-state index in [0.717, 1.165) is 24.6 Å². The van der Waals surface area contributed by atoms with Gasteiger partial charge in [0.25, 0.3) is 0 Å². The van der Waals surface area contributed by atoms with Crippen molar-refractivity contribution in [1.82, 2.24) is 4.98 Å². The molecule has 0 spiro atoms. The Morgan fingerprint density at radius 2 is 2.46 bits per heavy atom. The number of carbonyl (C=O) groups is 1. The van der Waals surface area contributed by atoms with E-state index in [1.807, 2.05) is 12.3 Å². The van der Waals surface area contributed by atoms with Gasteiger partial charge in [0.2, 0.25) is 0 Å². The third-order valence-corrected chi connectivity index (χ3v) is 1.71. The van der Waals surface area contributed by atoms with Gasteiger partial charge in [-0.3, -0.25) is 0 Å². The zero-order valence-electron chi connectivity index (χ0n) is 7.58. The number of rotatable bonds is 4. The Balaban J connectivity index is 2.63. The molecule has 0 bridgehead atoms. The summed E-state index contributed by atoms with van der Waals surface area (Å²) in [5.41, 5.74) is 2.05. The van der Waals surface area contributed by atoms with E-state index >= 15 is 0 Å². The molecule has 0 radical (unpaired) electrons. The third kappa shape index (κ3) is 3.15. The van der Waals surface area contributed by atoms with Crippen LogP contribution in [0.4, 0.5) is 0 Å². The minimum atomic E-state index is -0.924. The zero-order chi connectivity index (χ0) is 9.68. The van der Waals surface area contributed by atoms with Crippen molar-refractivity contribution in [3.8, 4) is 0 Å². The highest BCUT2D eigenvalue weighted by Gasteiger charge is 1.95. The second-order valence-electron chi connectivity index (χ2n) is 2.88. The van der Waals surface area contributed by atoms with Gasteiger partial charge in [0.15, 0.2) is 0 Å². The molecule has 0 unspecified atom stereocenters. The highest BCUT2D eigenvalue weighted by molar-refractivity contribution is 5.84. The lowest BCUT2D eigenvalue weighted by atomic mass is 10.2. The molecule has 0 amide bonds. The topological polar surface area (TPSA) is 53.1 Å². The maximum Gasteiger partial charge on any atom is 0.328 e. The molecule has 3 nitrogen and oxygen atoms in total. The standard InChI is InChI=1S/C10H13NO2/c1-2-3-8-6-9(11-7-8)4-5-10(12)13/h4-7,11H,2-3H2,1H3,(H,12,13). The second kappa shape index (κ2) is 4.50. The van der Waals surface area contributed by atoms with Gasteiger partial charge < -0.3 is 10.1 Å². The fourth-order valence-electron chi connectivity index (χ4n) is 1.15. The van der Waals surface area contributed by atoms with Crippen LogP contribution in [-0.2, 0) is 11.2 Å². The molecular weight excluding hydrogens is 166 g/mol. The van der Waals surface area contributed by atoms with Gasteiger partial charge in [0, 0.05) is 18.0 Å². The van der Waals surface area contributed by atoms with Crippen molar-refractivity contribution in [3.05, 3.63) is 29.6 Å². The van der Waals surface area contributed by atoms with E-state index in [-0.39, 0.29) is 0 Å². The molecule has 0 aliphatic rings. The summed E-state index contributed by atoms with van der Waals surface area (Å²) in [6.07, 6.45) is 6.71. The molecule has 3 heteroatoms.